The maximum atomic E-state index is 12.5. The van der Waals surface area contributed by atoms with Crippen LogP contribution in [0.2, 0.25) is 0 Å². The van der Waals surface area contributed by atoms with Crippen LogP contribution in [0.15, 0.2) is 42.5 Å². The molecule has 3 aromatic rings. The van der Waals surface area contributed by atoms with Gasteiger partial charge in [0, 0.05) is 12.5 Å². The number of hydrogen-bond donors (Lipinski definition) is 0. The highest BCUT2D eigenvalue weighted by Crippen LogP contribution is 2.29. The van der Waals surface area contributed by atoms with Gasteiger partial charge in [-0.05, 0) is 23.8 Å². The number of nitrogens with zero attached hydrogens (tertiary/aromatic N) is 3. The molecule has 0 N–H and O–H groups in total. The SMILES string of the molecule is COc1cccc2nc(Cc3ccc(C(F)(F)F)cc3)nn12. The summed E-state index contributed by atoms with van der Waals surface area (Å²) >= 11 is 0. The lowest BCUT2D eigenvalue weighted by atomic mass is 10.1. The Morgan fingerprint density at radius 2 is 1.82 bits per heavy atom. The molecule has 0 radical (unpaired) electrons. The Balaban J connectivity index is 1.87. The Morgan fingerprint density at radius 3 is 2.45 bits per heavy atom. The Hall–Kier alpha value is -2.57. The lowest BCUT2D eigenvalue weighted by Crippen LogP contribution is -2.04. The molecule has 1 aromatic carbocycles. The quantitative estimate of drug-likeness (QED) is 0.745. The van der Waals surface area contributed by atoms with E-state index in [9.17, 15) is 13.2 Å². The number of aromatic nitrogens is 3. The molecular formula is C15H12F3N3O. The van der Waals surface area contributed by atoms with Crippen molar-refractivity contribution in [3.63, 3.8) is 0 Å². The molecule has 22 heavy (non-hydrogen) atoms. The molecule has 0 amide bonds. The number of alkyl halides is 3. The molecule has 2 aromatic heterocycles. The molecular weight excluding hydrogens is 295 g/mol. The smallest absolute Gasteiger partial charge is 0.416 e. The molecule has 4 nitrogen and oxygen atoms in total. The number of hydrogen-bond acceptors (Lipinski definition) is 3. The second kappa shape index (κ2) is 5.32. The van der Waals surface area contributed by atoms with Gasteiger partial charge in [0.05, 0.1) is 12.7 Å². The largest absolute Gasteiger partial charge is 0.481 e. The van der Waals surface area contributed by atoms with E-state index in [1.807, 2.05) is 0 Å². The van der Waals surface area contributed by atoms with Crippen LogP contribution in [0.3, 0.4) is 0 Å². The molecule has 0 spiro atoms. The molecule has 2 heterocycles. The summed E-state index contributed by atoms with van der Waals surface area (Å²) in [6.07, 6.45) is -3.98. The zero-order valence-corrected chi connectivity index (χ0v) is 11.6. The summed E-state index contributed by atoms with van der Waals surface area (Å²) in [5.74, 6) is 1.06. The summed E-state index contributed by atoms with van der Waals surface area (Å²) in [5, 5.41) is 4.31. The molecule has 7 heteroatoms. The number of ether oxygens (including phenoxy) is 1. The molecule has 0 saturated heterocycles. The second-order valence-corrected chi connectivity index (χ2v) is 4.74. The molecule has 0 aliphatic heterocycles. The maximum Gasteiger partial charge on any atom is 0.416 e. The summed E-state index contributed by atoms with van der Waals surface area (Å²) in [5.41, 5.74) is 0.671. The van der Waals surface area contributed by atoms with Crippen LogP contribution < -0.4 is 4.74 Å². The van der Waals surface area contributed by atoms with Gasteiger partial charge in [0.1, 0.15) is 0 Å². The van der Waals surface area contributed by atoms with Gasteiger partial charge in [0.15, 0.2) is 11.5 Å². The first kappa shape index (κ1) is 14.4. The van der Waals surface area contributed by atoms with Crippen molar-refractivity contribution in [2.24, 2.45) is 0 Å². The summed E-state index contributed by atoms with van der Waals surface area (Å²) in [6, 6.07) is 10.3. The number of methoxy groups -OCH3 is 1. The highest BCUT2D eigenvalue weighted by atomic mass is 19.4. The lowest BCUT2D eigenvalue weighted by molar-refractivity contribution is -0.137. The van der Waals surface area contributed by atoms with Crippen LogP contribution in [0, 0.1) is 0 Å². The van der Waals surface area contributed by atoms with Crippen molar-refractivity contribution in [1.82, 2.24) is 14.6 Å². The summed E-state index contributed by atoms with van der Waals surface area (Å²) in [6.45, 7) is 0. The molecule has 0 aliphatic rings. The minimum atomic E-state index is -4.33. The zero-order chi connectivity index (χ0) is 15.7. The van der Waals surface area contributed by atoms with Crippen LogP contribution in [0.1, 0.15) is 17.0 Å². The Morgan fingerprint density at radius 1 is 1.09 bits per heavy atom. The Labute approximate surface area is 124 Å². The van der Waals surface area contributed by atoms with Crippen LogP contribution in [-0.4, -0.2) is 21.7 Å². The van der Waals surface area contributed by atoms with E-state index in [1.165, 1.54) is 19.2 Å². The van der Waals surface area contributed by atoms with E-state index < -0.39 is 11.7 Å². The average Bonchev–Trinajstić information content (AvgIpc) is 2.89. The van der Waals surface area contributed by atoms with E-state index in [0.717, 1.165) is 12.1 Å². The number of halogens is 3. The van der Waals surface area contributed by atoms with Crippen LogP contribution in [0.4, 0.5) is 13.2 Å². The first-order chi connectivity index (χ1) is 10.5. The fourth-order valence-electron chi connectivity index (χ4n) is 2.15. The number of fused-ring (bicyclic) bond motifs is 1. The molecule has 0 aliphatic carbocycles. The van der Waals surface area contributed by atoms with Crippen LogP contribution >= 0.6 is 0 Å². The Bertz CT molecular complexity index is 794. The van der Waals surface area contributed by atoms with E-state index >= 15 is 0 Å². The first-order valence-corrected chi connectivity index (χ1v) is 6.52. The topological polar surface area (TPSA) is 39.4 Å². The van der Waals surface area contributed by atoms with Crippen molar-refractivity contribution in [3.05, 3.63) is 59.4 Å². The molecule has 0 atom stereocenters. The van der Waals surface area contributed by atoms with Gasteiger partial charge in [-0.3, -0.25) is 0 Å². The summed E-state index contributed by atoms with van der Waals surface area (Å²) in [4.78, 5) is 4.34. The van der Waals surface area contributed by atoms with Gasteiger partial charge in [-0.1, -0.05) is 18.2 Å². The van der Waals surface area contributed by atoms with Gasteiger partial charge in [-0.2, -0.15) is 17.7 Å². The average molecular weight is 307 g/mol. The minimum Gasteiger partial charge on any atom is -0.481 e. The highest BCUT2D eigenvalue weighted by Gasteiger charge is 2.29. The van der Waals surface area contributed by atoms with Gasteiger partial charge >= 0.3 is 6.18 Å². The monoisotopic (exact) mass is 307 g/mol. The van der Waals surface area contributed by atoms with Gasteiger partial charge in [0.2, 0.25) is 5.88 Å². The van der Waals surface area contributed by atoms with Crippen molar-refractivity contribution in [1.29, 1.82) is 0 Å². The van der Waals surface area contributed by atoms with Crippen LogP contribution in [0.25, 0.3) is 5.65 Å². The summed E-state index contributed by atoms with van der Waals surface area (Å²) < 4.78 is 44.3. The van der Waals surface area contributed by atoms with Crippen LogP contribution in [-0.2, 0) is 12.6 Å². The van der Waals surface area contributed by atoms with Crippen molar-refractivity contribution >= 4 is 5.65 Å². The Kier molecular flexibility index (Phi) is 3.48. The second-order valence-electron chi connectivity index (χ2n) is 4.74. The molecule has 0 unspecified atom stereocenters. The highest BCUT2D eigenvalue weighted by molar-refractivity contribution is 5.41. The third kappa shape index (κ3) is 2.74. The van der Waals surface area contributed by atoms with Crippen molar-refractivity contribution < 1.29 is 17.9 Å². The van der Waals surface area contributed by atoms with E-state index in [4.69, 9.17) is 4.74 Å². The third-order valence-corrected chi connectivity index (χ3v) is 3.22. The molecule has 0 fully saturated rings. The maximum absolute atomic E-state index is 12.5. The fourth-order valence-corrected chi connectivity index (χ4v) is 2.15. The molecule has 114 valence electrons. The molecule has 0 saturated carbocycles. The van der Waals surface area contributed by atoms with E-state index in [0.29, 0.717) is 29.3 Å². The van der Waals surface area contributed by atoms with E-state index in [-0.39, 0.29) is 0 Å². The standard InChI is InChI=1S/C15H12F3N3O/c1-22-14-4-2-3-13-19-12(20-21(13)14)9-10-5-7-11(8-6-10)15(16,17)18/h2-8H,9H2,1H3. The predicted molar refractivity (Wildman–Crippen MR) is 73.8 cm³/mol. The fraction of sp³-hybridized carbons (Fsp3) is 0.200. The zero-order valence-electron chi connectivity index (χ0n) is 11.6. The lowest BCUT2D eigenvalue weighted by Gasteiger charge is -2.06. The number of rotatable bonds is 3. The minimum absolute atomic E-state index is 0.350. The predicted octanol–water partition coefficient (Wildman–Crippen LogP) is 3.35. The van der Waals surface area contributed by atoms with E-state index in [2.05, 4.69) is 10.1 Å². The molecule has 0 bridgehead atoms. The van der Waals surface area contributed by atoms with Gasteiger partial charge in [-0.15, -0.1) is 5.10 Å². The van der Waals surface area contributed by atoms with Crippen LogP contribution in [0.5, 0.6) is 5.88 Å². The summed E-state index contributed by atoms with van der Waals surface area (Å²) in [7, 11) is 1.53. The van der Waals surface area contributed by atoms with Gasteiger partial charge in [-0.25, -0.2) is 4.98 Å². The van der Waals surface area contributed by atoms with Gasteiger partial charge < -0.3 is 4.74 Å². The number of benzene rings is 1. The van der Waals surface area contributed by atoms with Crippen molar-refractivity contribution in [2.75, 3.05) is 7.11 Å². The third-order valence-electron chi connectivity index (χ3n) is 3.22. The van der Waals surface area contributed by atoms with E-state index in [1.54, 1.807) is 22.7 Å². The van der Waals surface area contributed by atoms with Gasteiger partial charge in [0.25, 0.3) is 0 Å². The first-order valence-electron chi connectivity index (χ1n) is 6.52. The van der Waals surface area contributed by atoms with Crippen molar-refractivity contribution in [2.45, 2.75) is 12.6 Å². The normalized spacial score (nSPS) is 11.8. The number of pyridine rings is 1. The molecule has 3 rings (SSSR count). The van der Waals surface area contributed by atoms with Crippen molar-refractivity contribution in [3.8, 4) is 5.88 Å².